The second-order valence-electron chi connectivity index (χ2n) is 5.46. The lowest BCUT2D eigenvalue weighted by Crippen LogP contribution is -2.44. The zero-order valence-corrected chi connectivity index (χ0v) is 10.2. The summed E-state index contributed by atoms with van der Waals surface area (Å²) in [4.78, 5) is 0. The lowest BCUT2D eigenvalue weighted by atomic mass is 9.77. The summed E-state index contributed by atoms with van der Waals surface area (Å²) in [6.07, 6.45) is 5.85. The van der Waals surface area contributed by atoms with Gasteiger partial charge >= 0.3 is 0 Å². The monoisotopic (exact) mass is 253 g/mol. The van der Waals surface area contributed by atoms with Crippen molar-refractivity contribution < 1.29 is 13.5 Å². The maximum absolute atomic E-state index is 13.8. The van der Waals surface area contributed by atoms with Crippen LogP contribution in [0.2, 0.25) is 0 Å². The van der Waals surface area contributed by atoms with Crippen LogP contribution < -0.4 is 10.5 Å². The Morgan fingerprint density at radius 2 is 1.89 bits per heavy atom. The van der Waals surface area contributed by atoms with Crippen LogP contribution in [0.1, 0.15) is 50.1 Å². The topological polar surface area (TPSA) is 35.2 Å². The maximum Gasteiger partial charge on any atom is 0.168 e. The molecule has 1 aromatic rings. The molecule has 1 heterocycles. The molecule has 1 spiro atoms. The molecule has 2 N–H and O–H groups in total. The first-order valence-electron chi connectivity index (χ1n) is 6.53. The first-order chi connectivity index (χ1) is 8.60. The lowest BCUT2D eigenvalue weighted by molar-refractivity contribution is -0.00190. The minimum atomic E-state index is -0.634. The Balaban J connectivity index is 2.01. The minimum Gasteiger partial charge on any atom is -0.484 e. The van der Waals surface area contributed by atoms with E-state index in [0.29, 0.717) is 12.0 Å². The molecule has 1 atom stereocenters. The molecule has 1 aromatic carbocycles. The van der Waals surface area contributed by atoms with Gasteiger partial charge in [0.15, 0.2) is 11.6 Å². The second kappa shape index (κ2) is 4.19. The molecule has 0 amide bonds. The molecule has 1 saturated carbocycles. The molecule has 98 valence electrons. The standard InChI is InChI=1S/C14H17F2NO/c15-9-6-10-12(17)8-14(4-2-1-3-5-14)18-13(10)11(16)7-9/h6-7,12H,1-5,8,17H2. The summed E-state index contributed by atoms with van der Waals surface area (Å²) in [6.45, 7) is 0. The first kappa shape index (κ1) is 11.9. The Bertz CT molecular complexity index is 469. The van der Waals surface area contributed by atoms with Crippen LogP contribution in [0.25, 0.3) is 0 Å². The van der Waals surface area contributed by atoms with Gasteiger partial charge in [0.25, 0.3) is 0 Å². The SMILES string of the molecule is NC1CC2(CCCCC2)Oc2c(F)cc(F)cc21. The van der Waals surface area contributed by atoms with Gasteiger partial charge < -0.3 is 10.5 Å². The summed E-state index contributed by atoms with van der Waals surface area (Å²) >= 11 is 0. The van der Waals surface area contributed by atoms with Crippen LogP contribution in [0.5, 0.6) is 5.75 Å². The number of ether oxygens (including phenoxy) is 1. The van der Waals surface area contributed by atoms with Gasteiger partial charge in [0, 0.05) is 24.1 Å². The Morgan fingerprint density at radius 1 is 1.17 bits per heavy atom. The van der Waals surface area contributed by atoms with Gasteiger partial charge in [0.05, 0.1) is 0 Å². The van der Waals surface area contributed by atoms with Crippen molar-refractivity contribution in [2.24, 2.45) is 5.73 Å². The molecule has 1 unspecified atom stereocenters. The fraction of sp³-hybridized carbons (Fsp3) is 0.571. The van der Waals surface area contributed by atoms with Crippen LogP contribution in [-0.4, -0.2) is 5.60 Å². The molecule has 18 heavy (non-hydrogen) atoms. The van der Waals surface area contributed by atoms with E-state index in [4.69, 9.17) is 10.5 Å². The summed E-state index contributed by atoms with van der Waals surface area (Å²) < 4.78 is 32.9. The minimum absolute atomic E-state index is 0.164. The van der Waals surface area contributed by atoms with Crippen molar-refractivity contribution in [3.8, 4) is 5.75 Å². The molecule has 4 heteroatoms. The van der Waals surface area contributed by atoms with E-state index >= 15 is 0 Å². The second-order valence-corrected chi connectivity index (χ2v) is 5.46. The highest BCUT2D eigenvalue weighted by atomic mass is 19.1. The van der Waals surface area contributed by atoms with E-state index in [1.807, 2.05) is 0 Å². The van der Waals surface area contributed by atoms with Crippen LogP contribution in [0.3, 0.4) is 0 Å². The van der Waals surface area contributed by atoms with Gasteiger partial charge in [-0.15, -0.1) is 0 Å². The van der Waals surface area contributed by atoms with Crippen molar-refractivity contribution in [1.82, 2.24) is 0 Å². The van der Waals surface area contributed by atoms with Gasteiger partial charge in [-0.25, -0.2) is 8.78 Å². The summed E-state index contributed by atoms with van der Waals surface area (Å²) in [6, 6.07) is 1.82. The molecule has 1 fully saturated rings. The summed E-state index contributed by atoms with van der Waals surface area (Å²) in [7, 11) is 0. The summed E-state index contributed by atoms with van der Waals surface area (Å²) in [5.41, 5.74) is 6.21. The summed E-state index contributed by atoms with van der Waals surface area (Å²) in [5, 5.41) is 0. The third-order valence-electron chi connectivity index (χ3n) is 4.11. The van der Waals surface area contributed by atoms with E-state index in [2.05, 4.69) is 0 Å². The van der Waals surface area contributed by atoms with E-state index < -0.39 is 11.6 Å². The largest absolute Gasteiger partial charge is 0.484 e. The Morgan fingerprint density at radius 3 is 2.61 bits per heavy atom. The highest BCUT2D eigenvalue weighted by molar-refractivity contribution is 5.40. The van der Waals surface area contributed by atoms with Crippen molar-refractivity contribution in [3.05, 3.63) is 29.3 Å². The number of hydrogen-bond donors (Lipinski definition) is 1. The van der Waals surface area contributed by atoms with E-state index in [9.17, 15) is 8.78 Å². The average Bonchev–Trinajstić information content (AvgIpc) is 2.32. The van der Waals surface area contributed by atoms with Crippen LogP contribution in [0.4, 0.5) is 8.78 Å². The molecule has 0 bridgehead atoms. The predicted molar refractivity (Wildman–Crippen MR) is 64.3 cm³/mol. The number of hydrogen-bond acceptors (Lipinski definition) is 2. The van der Waals surface area contributed by atoms with E-state index in [1.54, 1.807) is 0 Å². The molecule has 0 radical (unpaired) electrons. The summed E-state index contributed by atoms with van der Waals surface area (Å²) in [5.74, 6) is -1.06. The molecule has 3 rings (SSSR count). The maximum atomic E-state index is 13.8. The molecular formula is C14H17F2NO. The van der Waals surface area contributed by atoms with Crippen molar-refractivity contribution >= 4 is 0 Å². The normalized spacial score (nSPS) is 25.6. The lowest BCUT2D eigenvalue weighted by Gasteiger charge is -2.43. The highest BCUT2D eigenvalue weighted by Gasteiger charge is 2.41. The molecule has 0 aromatic heterocycles. The van der Waals surface area contributed by atoms with E-state index in [-0.39, 0.29) is 17.4 Å². The van der Waals surface area contributed by atoms with Crippen molar-refractivity contribution in [2.45, 2.75) is 50.2 Å². The number of fused-ring (bicyclic) bond motifs is 1. The van der Waals surface area contributed by atoms with Crippen LogP contribution in [0.15, 0.2) is 12.1 Å². The number of benzene rings is 1. The van der Waals surface area contributed by atoms with Crippen molar-refractivity contribution in [3.63, 3.8) is 0 Å². The molecule has 0 saturated heterocycles. The Hall–Kier alpha value is -1.16. The molecule has 1 aliphatic heterocycles. The van der Waals surface area contributed by atoms with Gasteiger partial charge in [0.2, 0.25) is 0 Å². The van der Waals surface area contributed by atoms with Crippen molar-refractivity contribution in [2.75, 3.05) is 0 Å². The third kappa shape index (κ3) is 1.88. The smallest absolute Gasteiger partial charge is 0.168 e. The first-order valence-corrected chi connectivity index (χ1v) is 6.53. The van der Waals surface area contributed by atoms with E-state index in [1.165, 1.54) is 12.5 Å². The quantitative estimate of drug-likeness (QED) is 0.768. The number of halogens is 2. The number of nitrogens with two attached hydrogens (primary N) is 1. The average molecular weight is 253 g/mol. The van der Waals surface area contributed by atoms with Crippen molar-refractivity contribution in [1.29, 1.82) is 0 Å². The fourth-order valence-electron chi connectivity index (χ4n) is 3.23. The zero-order chi connectivity index (χ0) is 12.8. The van der Waals surface area contributed by atoms with Crippen LogP contribution >= 0.6 is 0 Å². The predicted octanol–water partition coefficient (Wildman–Crippen LogP) is 3.45. The fourth-order valence-corrected chi connectivity index (χ4v) is 3.23. The van der Waals surface area contributed by atoms with Gasteiger partial charge in [0.1, 0.15) is 11.4 Å². The number of rotatable bonds is 0. The molecule has 2 aliphatic rings. The zero-order valence-electron chi connectivity index (χ0n) is 10.2. The molecule has 2 nitrogen and oxygen atoms in total. The van der Waals surface area contributed by atoms with Gasteiger partial charge in [-0.3, -0.25) is 0 Å². The Kier molecular flexibility index (Phi) is 2.77. The molecular weight excluding hydrogens is 236 g/mol. The van der Waals surface area contributed by atoms with Gasteiger partial charge in [-0.05, 0) is 31.7 Å². The van der Waals surface area contributed by atoms with Crippen LogP contribution in [-0.2, 0) is 0 Å². The molecule has 1 aliphatic carbocycles. The van der Waals surface area contributed by atoms with E-state index in [0.717, 1.165) is 31.7 Å². The Labute approximate surface area is 105 Å². The van der Waals surface area contributed by atoms with Gasteiger partial charge in [-0.1, -0.05) is 6.42 Å². The highest BCUT2D eigenvalue weighted by Crippen LogP contribution is 2.46. The third-order valence-corrected chi connectivity index (χ3v) is 4.11. The van der Waals surface area contributed by atoms with Gasteiger partial charge in [-0.2, -0.15) is 0 Å². The van der Waals surface area contributed by atoms with Crippen LogP contribution in [0, 0.1) is 11.6 Å².